The summed E-state index contributed by atoms with van der Waals surface area (Å²) in [4.78, 5) is 0. The van der Waals surface area contributed by atoms with Crippen molar-refractivity contribution >= 4 is 22.8 Å². The molecule has 2 N–H and O–H groups in total. The topological polar surface area (TPSA) is 60.0 Å². The van der Waals surface area contributed by atoms with Gasteiger partial charge in [0.1, 0.15) is 0 Å². The van der Waals surface area contributed by atoms with E-state index in [4.69, 9.17) is 10.5 Å². The maximum atomic E-state index is 5.37. The molecule has 0 atom stereocenters. The number of amidine groups is 1. The van der Waals surface area contributed by atoms with Crippen molar-refractivity contribution in [2.75, 3.05) is 12.9 Å². The van der Waals surface area contributed by atoms with Gasteiger partial charge in [0.05, 0.1) is 6.61 Å². The molecule has 0 saturated carbocycles. The van der Waals surface area contributed by atoms with Crippen molar-refractivity contribution in [3.63, 3.8) is 0 Å². The van der Waals surface area contributed by atoms with Crippen LogP contribution in [0.4, 0.5) is 0 Å². The molecule has 0 spiro atoms. The fourth-order valence-electron chi connectivity index (χ4n) is 0.398. The summed E-state index contributed by atoms with van der Waals surface area (Å²) in [6.07, 6.45) is 1.84. The summed E-state index contributed by atoms with van der Waals surface area (Å²) in [6.45, 7) is 4.23. The maximum Gasteiger partial charge on any atom is 0.205 e. The number of hydrogen-bond donors (Lipinski definition) is 1. The predicted molar refractivity (Wildman–Crippen MR) is 49.9 cm³/mol. The minimum absolute atomic E-state index is 0.434. The molecule has 0 aromatic heterocycles. The molecule has 5 heteroatoms. The molecular formula is C6H13N3OS. The Kier molecular flexibility index (Phi) is 5.64. The van der Waals surface area contributed by atoms with E-state index >= 15 is 0 Å². The minimum atomic E-state index is 0.434. The first kappa shape index (κ1) is 10.3. The Morgan fingerprint density at radius 2 is 2.18 bits per heavy atom. The van der Waals surface area contributed by atoms with Gasteiger partial charge in [0.15, 0.2) is 5.17 Å². The van der Waals surface area contributed by atoms with Gasteiger partial charge in [-0.25, -0.2) is 0 Å². The first-order valence-corrected chi connectivity index (χ1v) is 4.47. The standard InChI is InChI=1S/C6H13N3OS/c1-4-10-5(2)8-9-6(7)11-3/h4H2,1-3H3,(H2,7,9)/b8-5+. The van der Waals surface area contributed by atoms with E-state index in [0.717, 1.165) is 0 Å². The van der Waals surface area contributed by atoms with E-state index < -0.39 is 0 Å². The van der Waals surface area contributed by atoms with E-state index in [1.165, 1.54) is 11.8 Å². The second-order valence-corrected chi connectivity index (χ2v) is 2.52. The molecule has 0 unspecified atom stereocenters. The molecule has 0 aliphatic carbocycles. The zero-order valence-corrected chi connectivity index (χ0v) is 7.81. The number of rotatable bonds is 2. The monoisotopic (exact) mass is 175 g/mol. The van der Waals surface area contributed by atoms with Crippen molar-refractivity contribution in [2.24, 2.45) is 15.9 Å². The molecule has 0 bridgehead atoms. The van der Waals surface area contributed by atoms with Crippen LogP contribution in [0.25, 0.3) is 0 Å². The summed E-state index contributed by atoms with van der Waals surface area (Å²) in [6, 6.07) is 0. The Labute approximate surface area is 70.9 Å². The van der Waals surface area contributed by atoms with Crippen LogP contribution in [0.5, 0.6) is 0 Å². The summed E-state index contributed by atoms with van der Waals surface area (Å²) in [5.74, 6) is 0.532. The molecule has 64 valence electrons. The largest absolute Gasteiger partial charge is 0.480 e. The van der Waals surface area contributed by atoms with Crippen molar-refractivity contribution in [1.82, 2.24) is 0 Å². The second kappa shape index (κ2) is 6.03. The lowest BCUT2D eigenvalue weighted by atomic mass is 10.7. The van der Waals surface area contributed by atoms with Gasteiger partial charge in [0.2, 0.25) is 5.90 Å². The normalized spacial score (nSPS) is 13.4. The molecule has 0 radical (unpaired) electrons. The molecule has 0 saturated heterocycles. The number of hydrogen-bond acceptors (Lipinski definition) is 4. The minimum Gasteiger partial charge on any atom is -0.480 e. The molecule has 0 fully saturated rings. The fourth-order valence-corrected chi connectivity index (χ4v) is 0.521. The average Bonchev–Trinajstić information content (AvgIpc) is 2.01. The molecule has 0 aliphatic heterocycles. The number of nitrogens with two attached hydrogens (primary N) is 1. The third-order valence-electron chi connectivity index (χ3n) is 0.852. The highest BCUT2D eigenvalue weighted by Gasteiger charge is 1.87. The molecule has 0 aromatic rings. The van der Waals surface area contributed by atoms with Crippen molar-refractivity contribution < 1.29 is 4.74 Å². The van der Waals surface area contributed by atoms with Crippen LogP contribution in [0, 0.1) is 0 Å². The molecule has 4 nitrogen and oxygen atoms in total. The summed E-state index contributed by atoms with van der Waals surface area (Å²) in [5, 5.41) is 7.84. The summed E-state index contributed by atoms with van der Waals surface area (Å²) in [5.41, 5.74) is 5.37. The van der Waals surface area contributed by atoms with Crippen LogP contribution < -0.4 is 5.73 Å². The third kappa shape index (κ3) is 5.72. The van der Waals surface area contributed by atoms with Crippen LogP contribution >= 0.6 is 11.8 Å². The van der Waals surface area contributed by atoms with Crippen molar-refractivity contribution in [3.05, 3.63) is 0 Å². The number of thioether (sulfide) groups is 1. The summed E-state index contributed by atoms with van der Waals surface area (Å²) < 4.78 is 5.01. The molecule has 11 heavy (non-hydrogen) atoms. The Morgan fingerprint density at radius 1 is 1.55 bits per heavy atom. The molecule has 0 aliphatic rings. The SMILES string of the molecule is CCO/C(C)=N/N=C(/N)SC. The molecule has 0 aromatic carbocycles. The van der Waals surface area contributed by atoms with Crippen molar-refractivity contribution in [3.8, 4) is 0 Å². The Bertz CT molecular complexity index is 167. The smallest absolute Gasteiger partial charge is 0.205 e. The van der Waals surface area contributed by atoms with Crippen LogP contribution in [0.2, 0.25) is 0 Å². The van der Waals surface area contributed by atoms with Gasteiger partial charge in [-0.3, -0.25) is 0 Å². The van der Waals surface area contributed by atoms with E-state index in [1.54, 1.807) is 6.92 Å². The summed E-state index contributed by atoms with van der Waals surface area (Å²) >= 11 is 1.35. The van der Waals surface area contributed by atoms with Crippen LogP contribution in [0.15, 0.2) is 10.2 Å². The van der Waals surface area contributed by atoms with Crippen LogP contribution in [0.3, 0.4) is 0 Å². The fraction of sp³-hybridized carbons (Fsp3) is 0.667. The lowest BCUT2D eigenvalue weighted by molar-refractivity contribution is 0.323. The predicted octanol–water partition coefficient (Wildman–Crippen LogP) is 1.03. The highest BCUT2D eigenvalue weighted by molar-refractivity contribution is 8.13. The summed E-state index contributed by atoms with van der Waals surface area (Å²) in [7, 11) is 0. The maximum absolute atomic E-state index is 5.37. The zero-order chi connectivity index (χ0) is 8.69. The lowest BCUT2D eigenvalue weighted by Gasteiger charge is -1.97. The van der Waals surface area contributed by atoms with Gasteiger partial charge >= 0.3 is 0 Å². The average molecular weight is 175 g/mol. The first-order chi connectivity index (χ1) is 5.20. The van der Waals surface area contributed by atoms with Gasteiger partial charge < -0.3 is 10.5 Å². The molecule has 0 heterocycles. The van der Waals surface area contributed by atoms with Crippen molar-refractivity contribution in [2.45, 2.75) is 13.8 Å². The molecule has 0 amide bonds. The van der Waals surface area contributed by atoms with E-state index in [1.807, 2.05) is 13.2 Å². The highest BCUT2D eigenvalue weighted by Crippen LogP contribution is 1.92. The van der Waals surface area contributed by atoms with Crippen LogP contribution in [-0.4, -0.2) is 23.9 Å². The van der Waals surface area contributed by atoms with Gasteiger partial charge in [-0.05, 0) is 13.2 Å². The Hall–Kier alpha value is -0.710. The van der Waals surface area contributed by atoms with E-state index in [2.05, 4.69) is 10.2 Å². The van der Waals surface area contributed by atoms with Gasteiger partial charge in [0, 0.05) is 6.92 Å². The van der Waals surface area contributed by atoms with Crippen LogP contribution in [-0.2, 0) is 4.74 Å². The van der Waals surface area contributed by atoms with Crippen molar-refractivity contribution in [1.29, 1.82) is 0 Å². The van der Waals surface area contributed by atoms with Gasteiger partial charge in [0.25, 0.3) is 0 Å². The first-order valence-electron chi connectivity index (χ1n) is 3.25. The number of nitrogens with zero attached hydrogens (tertiary/aromatic N) is 2. The Morgan fingerprint density at radius 3 is 2.64 bits per heavy atom. The quantitative estimate of drug-likeness (QED) is 0.387. The second-order valence-electron chi connectivity index (χ2n) is 1.69. The third-order valence-corrected chi connectivity index (χ3v) is 1.35. The van der Waals surface area contributed by atoms with Gasteiger partial charge in [-0.1, -0.05) is 11.8 Å². The van der Waals surface area contributed by atoms with Gasteiger partial charge in [-0.15, -0.1) is 10.2 Å². The number of ether oxygens (including phenoxy) is 1. The van der Waals surface area contributed by atoms with E-state index in [9.17, 15) is 0 Å². The lowest BCUT2D eigenvalue weighted by Crippen LogP contribution is -2.05. The zero-order valence-electron chi connectivity index (χ0n) is 7.00. The highest BCUT2D eigenvalue weighted by atomic mass is 32.2. The van der Waals surface area contributed by atoms with E-state index in [-0.39, 0.29) is 0 Å². The molecular weight excluding hydrogens is 162 g/mol. The van der Waals surface area contributed by atoms with Gasteiger partial charge in [-0.2, -0.15) is 0 Å². The Balaban J connectivity index is 3.89. The molecule has 0 rings (SSSR count). The van der Waals surface area contributed by atoms with E-state index in [0.29, 0.717) is 17.7 Å². The van der Waals surface area contributed by atoms with Crippen LogP contribution in [0.1, 0.15) is 13.8 Å².